The van der Waals surface area contributed by atoms with Gasteiger partial charge in [0.2, 0.25) is 0 Å². The maximum atomic E-state index is 11.8. The zero-order valence-corrected chi connectivity index (χ0v) is 9.99. The summed E-state index contributed by atoms with van der Waals surface area (Å²) in [4.78, 5) is 16.7. The van der Waals surface area contributed by atoms with Crippen molar-refractivity contribution in [1.82, 2.24) is 4.57 Å². The molecule has 3 atom stereocenters. The zero-order valence-electron chi connectivity index (χ0n) is 9.99. The lowest BCUT2D eigenvalue weighted by Crippen LogP contribution is -2.29. The number of nitrogens with zero attached hydrogens (tertiary/aromatic N) is 2. The van der Waals surface area contributed by atoms with Crippen molar-refractivity contribution in [2.45, 2.75) is 19.0 Å². The molecule has 1 aliphatic carbocycles. The smallest absolute Gasteiger partial charge is 0.251 e. The number of aromatic nitrogens is 1. The molecule has 90 valence electrons. The zero-order chi connectivity index (χ0) is 12.1. The first-order chi connectivity index (χ1) is 8.83. The van der Waals surface area contributed by atoms with E-state index in [1.165, 1.54) is 0 Å². The quantitative estimate of drug-likeness (QED) is 0.678. The Labute approximate surface area is 105 Å². The Balaban J connectivity index is 1.85. The minimum Gasteiger partial charge on any atom is -0.306 e. The topological polar surface area (TPSA) is 34.4 Å². The van der Waals surface area contributed by atoms with Crippen molar-refractivity contribution in [3.8, 4) is 0 Å². The van der Waals surface area contributed by atoms with Crippen LogP contribution >= 0.6 is 0 Å². The highest BCUT2D eigenvalue weighted by molar-refractivity contribution is 6.03. The van der Waals surface area contributed by atoms with Crippen LogP contribution in [-0.4, -0.2) is 16.3 Å². The monoisotopic (exact) mass is 238 g/mol. The second-order valence-corrected chi connectivity index (χ2v) is 5.23. The normalized spacial score (nSPS) is 31.6. The molecule has 2 aliphatic heterocycles. The number of pyridine rings is 1. The van der Waals surface area contributed by atoms with Crippen LogP contribution in [0.4, 0.5) is 0 Å². The van der Waals surface area contributed by atoms with Crippen LogP contribution in [-0.2, 0) is 6.54 Å². The van der Waals surface area contributed by atoms with Crippen molar-refractivity contribution in [2.24, 2.45) is 16.8 Å². The van der Waals surface area contributed by atoms with Crippen molar-refractivity contribution in [1.29, 1.82) is 0 Å². The third-order valence-corrected chi connectivity index (χ3v) is 4.16. The molecule has 0 aromatic carbocycles. The molecule has 0 fully saturated rings. The maximum absolute atomic E-state index is 11.8. The van der Waals surface area contributed by atoms with Crippen molar-refractivity contribution >= 4 is 5.71 Å². The third-order valence-electron chi connectivity index (χ3n) is 4.16. The first-order valence-electron chi connectivity index (χ1n) is 6.46. The third kappa shape index (κ3) is 1.30. The van der Waals surface area contributed by atoms with E-state index >= 15 is 0 Å². The summed E-state index contributed by atoms with van der Waals surface area (Å²) in [7, 11) is 0. The predicted octanol–water partition coefficient (Wildman–Crippen LogP) is 1.78. The van der Waals surface area contributed by atoms with E-state index in [1.807, 2.05) is 16.7 Å². The summed E-state index contributed by atoms with van der Waals surface area (Å²) in [5.74, 6) is 0.922. The van der Waals surface area contributed by atoms with Gasteiger partial charge in [-0.25, -0.2) is 0 Å². The van der Waals surface area contributed by atoms with Gasteiger partial charge in [0.1, 0.15) is 0 Å². The van der Waals surface area contributed by atoms with Gasteiger partial charge in [-0.2, -0.15) is 0 Å². The number of hydrogen-bond acceptors (Lipinski definition) is 2. The number of aliphatic imine (C=N–C) groups is 1. The Kier molecular flexibility index (Phi) is 1.98. The van der Waals surface area contributed by atoms with Crippen LogP contribution in [0.2, 0.25) is 0 Å². The fourth-order valence-electron chi connectivity index (χ4n) is 3.29. The number of rotatable bonds is 0. The lowest BCUT2D eigenvalue weighted by molar-refractivity contribution is 0.418. The van der Waals surface area contributed by atoms with Crippen molar-refractivity contribution in [2.75, 3.05) is 0 Å². The summed E-state index contributed by atoms with van der Waals surface area (Å²) in [6.45, 7) is 0.800. The molecule has 3 aliphatic rings. The van der Waals surface area contributed by atoms with Crippen LogP contribution in [0.3, 0.4) is 0 Å². The molecule has 3 unspecified atom stereocenters. The van der Waals surface area contributed by atoms with Gasteiger partial charge in [-0.1, -0.05) is 30.4 Å². The van der Waals surface area contributed by atoms with Gasteiger partial charge in [0.25, 0.3) is 5.56 Å². The summed E-state index contributed by atoms with van der Waals surface area (Å²) in [6, 6.07) is 5.75. The highest BCUT2D eigenvalue weighted by Crippen LogP contribution is 2.35. The average Bonchev–Trinajstić information content (AvgIpc) is 2.76. The molecule has 0 saturated heterocycles. The summed E-state index contributed by atoms with van der Waals surface area (Å²) in [6.07, 6.45) is 9.69. The van der Waals surface area contributed by atoms with E-state index in [9.17, 15) is 4.79 Å². The maximum Gasteiger partial charge on any atom is 0.251 e. The Hall–Kier alpha value is -1.90. The Morgan fingerprint density at radius 2 is 2.11 bits per heavy atom. The molecule has 0 radical (unpaired) electrons. The van der Waals surface area contributed by atoms with Crippen LogP contribution in [0, 0.1) is 11.8 Å². The predicted molar refractivity (Wildman–Crippen MR) is 70.9 cm³/mol. The van der Waals surface area contributed by atoms with E-state index in [2.05, 4.69) is 24.3 Å². The number of fused-ring (bicyclic) bond motifs is 4. The molecule has 3 nitrogen and oxygen atoms in total. The van der Waals surface area contributed by atoms with Gasteiger partial charge >= 0.3 is 0 Å². The molecular weight excluding hydrogens is 224 g/mol. The molecule has 0 spiro atoms. The molecule has 0 saturated carbocycles. The van der Waals surface area contributed by atoms with Crippen molar-refractivity contribution in [3.63, 3.8) is 0 Å². The highest BCUT2D eigenvalue weighted by Gasteiger charge is 2.36. The minimum atomic E-state index is 0.0960. The van der Waals surface area contributed by atoms with E-state index in [0.29, 0.717) is 11.8 Å². The van der Waals surface area contributed by atoms with Crippen LogP contribution < -0.4 is 5.56 Å². The standard InChI is InChI=1S/C15H14N2O/c18-14-7-3-6-13-15-11(9-17(13)14)8-10-4-1-2-5-12(10)16-15/h1-7,10-12H,8-9H2. The molecule has 18 heavy (non-hydrogen) atoms. The second-order valence-electron chi connectivity index (χ2n) is 5.23. The minimum absolute atomic E-state index is 0.0960. The summed E-state index contributed by atoms with van der Waals surface area (Å²) in [5.41, 5.74) is 2.25. The van der Waals surface area contributed by atoms with Gasteiger partial charge in [-0.3, -0.25) is 9.79 Å². The summed E-state index contributed by atoms with van der Waals surface area (Å²) >= 11 is 0. The van der Waals surface area contributed by atoms with Crippen molar-refractivity contribution in [3.05, 3.63) is 58.6 Å². The molecule has 3 heteroatoms. The lowest BCUT2D eigenvalue weighted by atomic mass is 9.81. The molecule has 0 bridgehead atoms. The number of hydrogen-bond donors (Lipinski definition) is 0. The number of allylic oxidation sites excluding steroid dienone is 2. The summed E-state index contributed by atoms with van der Waals surface area (Å²) < 4.78 is 1.87. The molecular formula is C15H14N2O. The molecule has 0 N–H and O–H groups in total. The SMILES string of the molecule is O=c1cccc2n1CC1CC3C=CC=CC3N=C21. The average molecular weight is 238 g/mol. The molecule has 4 rings (SSSR count). The molecule has 0 amide bonds. The molecule has 1 aromatic heterocycles. The molecule has 3 heterocycles. The van der Waals surface area contributed by atoms with Gasteiger partial charge in [-0.15, -0.1) is 0 Å². The van der Waals surface area contributed by atoms with Gasteiger partial charge in [0, 0.05) is 24.4 Å². The first kappa shape index (κ1) is 10.1. The van der Waals surface area contributed by atoms with Gasteiger partial charge in [0.05, 0.1) is 17.4 Å². The van der Waals surface area contributed by atoms with Gasteiger partial charge in [-0.05, 0) is 12.5 Å². The van der Waals surface area contributed by atoms with Crippen molar-refractivity contribution < 1.29 is 0 Å². The fraction of sp³-hybridized carbons (Fsp3) is 0.333. The largest absolute Gasteiger partial charge is 0.306 e. The summed E-state index contributed by atoms with van der Waals surface area (Å²) in [5, 5.41) is 0. The van der Waals surface area contributed by atoms with Crippen LogP contribution in [0.25, 0.3) is 0 Å². The van der Waals surface area contributed by atoms with Crippen LogP contribution in [0.1, 0.15) is 12.1 Å². The van der Waals surface area contributed by atoms with E-state index in [1.54, 1.807) is 6.07 Å². The Bertz CT molecular complexity index is 651. The Morgan fingerprint density at radius 1 is 1.22 bits per heavy atom. The molecule has 1 aromatic rings. The van der Waals surface area contributed by atoms with E-state index < -0.39 is 0 Å². The second kappa shape index (κ2) is 3.55. The van der Waals surface area contributed by atoms with Crippen LogP contribution in [0.5, 0.6) is 0 Å². The van der Waals surface area contributed by atoms with E-state index in [4.69, 9.17) is 4.99 Å². The lowest BCUT2D eigenvalue weighted by Gasteiger charge is -2.29. The first-order valence-corrected chi connectivity index (χ1v) is 6.46. The Morgan fingerprint density at radius 3 is 3.06 bits per heavy atom. The van der Waals surface area contributed by atoms with Gasteiger partial charge in [0.15, 0.2) is 0 Å². The fourth-order valence-corrected chi connectivity index (χ4v) is 3.29. The van der Waals surface area contributed by atoms with E-state index in [0.717, 1.165) is 24.4 Å². The highest BCUT2D eigenvalue weighted by atomic mass is 16.1. The van der Waals surface area contributed by atoms with Gasteiger partial charge < -0.3 is 4.57 Å². The van der Waals surface area contributed by atoms with Crippen LogP contribution in [0.15, 0.2) is 52.3 Å². The van der Waals surface area contributed by atoms with E-state index in [-0.39, 0.29) is 11.6 Å².